The average molecular weight is 225 g/mol. The van der Waals surface area contributed by atoms with Gasteiger partial charge in [0.2, 0.25) is 0 Å². The molecule has 17 heavy (non-hydrogen) atoms. The number of carboxylic acids is 1. The normalized spacial score (nSPS) is 12.0. The van der Waals surface area contributed by atoms with Gasteiger partial charge in [-0.05, 0) is 35.4 Å². The Morgan fingerprint density at radius 2 is 1.88 bits per heavy atom. The number of nitrogens with zero attached hydrogens (tertiary/aromatic N) is 1. The summed E-state index contributed by atoms with van der Waals surface area (Å²) in [6.07, 6.45) is 0. The van der Waals surface area contributed by atoms with Crippen LogP contribution in [-0.2, 0) is 4.79 Å². The molecule has 2 aromatic carbocycles. The van der Waals surface area contributed by atoms with Gasteiger partial charge in [0, 0.05) is 0 Å². The summed E-state index contributed by atoms with van der Waals surface area (Å²) in [7, 11) is 0. The van der Waals surface area contributed by atoms with E-state index < -0.39 is 11.9 Å². The Kier molecular flexibility index (Phi) is 2.80. The van der Waals surface area contributed by atoms with Crippen molar-refractivity contribution in [3.63, 3.8) is 0 Å². The summed E-state index contributed by atoms with van der Waals surface area (Å²) in [4.78, 5) is 10.9. The van der Waals surface area contributed by atoms with Crippen LogP contribution in [0.2, 0.25) is 0 Å². The minimum Gasteiger partial charge on any atom is -0.481 e. The van der Waals surface area contributed by atoms with Gasteiger partial charge in [-0.15, -0.1) is 0 Å². The van der Waals surface area contributed by atoms with Crippen LogP contribution < -0.4 is 0 Å². The molecule has 0 aliphatic carbocycles. The SMILES string of the molecule is CC(C(=O)O)c1ccc2cc(C#N)ccc2c1. The maximum atomic E-state index is 10.9. The number of carbonyl (C=O) groups is 1. The van der Waals surface area contributed by atoms with E-state index in [0.29, 0.717) is 5.56 Å². The lowest BCUT2D eigenvalue weighted by Crippen LogP contribution is -2.06. The third-order valence-corrected chi connectivity index (χ3v) is 2.86. The van der Waals surface area contributed by atoms with Crippen LogP contribution in [0.15, 0.2) is 36.4 Å². The van der Waals surface area contributed by atoms with E-state index in [1.165, 1.54) is 0 Å². The van der Waals surface area contributed by atoms with Crippen molar-refractivity contribution in [2.45, 2.75) is 12.8 Å². The first-order valence-electron chi connectivity index (χ1n) is 5.28. The van der Waals surface area contributed by atoms with Crippen LogP contribution in [0.4, 0.5) is 0 Å². The Bertz CT molecular complexity index is 626. The van der Waals surface area contributed by atoms with Crippen molar-refractivity contribution >= 4 is 16.7 Å². The standard InChI is InChI=1S/C14H11NO2/c1-9(14(16)17)11-4-5-12-6-10(8-15)2-3-13(12)7-11/h2-7,9H,1H3,(H,16,17). The molecule has 2 rings (SSSR count). The number of benzene rings is 2. The highest BCUT2D eigenvalue weighted by Gasteiger charge is 2.13. The lowest BCUT2D eigenvalue weighted by molar-refractivity contribution is -0.138. The second-order valence-corrected chi connectivity index (χ2v) is 3.99. The first-order chi connectivity index (χ1) is 8.11. The van der Waals surface area contributed by atoms with Gasteiger partial charge in [-0.2, -0.15) is 5.26 Å². The molecule has 0 aliphatic heterocycles. The molecule has 0 fully saturated rings. The third kappa shape index (κ3) is 2.11. The fraction of sp³-hybridized carbons (Fsp3) is 0.143. The molecule has 1 N–H and O–H groups in total. The number of fused-ring (bicyclic) bond motifs is 1. The molecular weight excluding hydrogens is 214 g/mol. The number of hydrogen-bond donors (Lipinski definition) is 1. The van der Waals surface area contributed by atoms with E-state index >= 15 is 0 Å². The summed E-state index contributed by atoms with van der Waals surface area (Å²) in [6.45, 7) is 1.66. The molecule has 3 nitrogen and oxygen atoms in total. The Labute approximate surface area is 98.9 Å². The van der Waals surface area contributed by atoms with Crippen LogP contribution in [0.5, 0.6) is 0 Å². The molecule has 0 aromatic heterocycles. The lowest BCUT2D eigenvalue weighted by atomic mass is 9.97. The first-order valence-corrected chi connectivity index (χ1v) is 5.28. The third-order valence-electron chi connectivity index (χ3n) is 2.86. The zero-order valence-electron chi connectivity index (χ0n) is 9.34. The number of rotatable bonds is 2. The molecule has 0 amide bonds. The van der Waals surface area contributed by atoms with Gasteiger partial charge in [0.05, 0.1) is 17.6 Å². The van der Waals surface area contributed by atoms with Crippen molar-refractivity contribution in [3.05, 3.63) is 47.5 Å². The Hall–Kier alpha value is -2.34. The second-order valence-electron chi connectivity index (χ2n) is 3.99. The zero-order chi connectivity index (χ0) is 12.4. The molecule has 0 spiro atoms. The van der Waals surface area contributed by atoms with E-state index in [2.05, 4.69) is 6.07 Å². The summed E-state index contributed by atoms with van der Waals surface area (Å²) in [5.74, 6) is -1.35. The Balaban J connectivity index is 2.53. The molecule has 0 saturated heterocycles. The van der Waals surface area contributed by atoms with Crippen molar-refractivity contribution in [3.8, 4) is 6.07 Å². The van der Waals surface area contributed by atoms with Gasteiger partial charge < -0.3 is 5.11 Å². The topological polar surface area (TPSA) is 61.1 Å². The lowest BCUT2D eigenvalue weighted by Gasteiger charge is -2.07. The minimum absolute atomic E-state index is 0.518. The van der Waals surface area contributed by atoms with E-state index in [0.717, 1.165) is 16.3 Å². The van der Waals surface area contributed by atoms with E-state index in [9.17, 15) is 4.79 Å². The summed E-state index contributed by atoms with van der Waals surface area (Å²) in [6, 6.07) is 13.0. The number of nitriles is 1. The van der Waals surface area contributed by atoms with Crippen LogP contribution in [0.1, 0.15) is 24.0 Å². The molecule has 0 bridgehead atoms. The van der Waals surface area contributed by atoms with Crippen molar-refractivity contribution in [1.29, 1.82) is 5.26 Å². The molecule has 3 heteroatoms. The van der Waals surface area contributed by atoms with Crippen LogP contribution in [0, 0.1) is 11.3 Å². The van der Waals surface area contributed by atoms with Crippen LogP contribution in [0.25, 0.3) is 10.8 Å². The molecule has 0 aliphatic rings. The number of carboxylic acid groups (broad SMARTS) is 1. The highest BCUT2D eigenvalue weighted by molar-refractivity contribution is 5.86. The Morgan fingerprint density at radius 1 is 1.24 bits per heavy atom. The van der Waals surface area contributed by atoms with Crippen molar-refractivity contribution in [1.82, 2.24) is 0 Å². The molecule has 2 aromatic rings. The highest BCUT2D eigenvalue weighted by atomic mass is 16.4. The van der Waals surface area contributed by atoms with Crippen LogP contribution in [0.3, 0.4) is 0 Å². The van der Waals surface area contributed by atoms with Crippen molar-refractivity contribution in [2.75, 3.05) is 0 Å². The summed E-state index contributed by atoms with van der Waals surface area (Å²) in [5.41, 5.74) is 1.38. The minimum atomic E-state index is -0.835. The van der Waals surface area contributed by atoms with Crippen molar-refractivity contribution in [2.24, 2.45) is 0 Å². The average Bonchev–Trinajstić information content (AvgIpc) is 2.36. The van der Waals surface area contributed by atoms with E-state index in [1.807, 2.05) is 18.2 Å². The fourth-order valence-corrected chi connectivity index (χ4v) is 1.75. The summed E-state index contributed by atoms with van der Waals surface area (Å²) < 4.78 is 0. The van der Waals surface area contributed by atoms with Gasteiger partial charge in [-0.1, -0.05) is 24.3 Å². The maximum absolute atomic E-state index is 10.9. The molecule has 0 heterocycles. The second kappa shape index (κ2) is 4.26. The van der Waals surface area contributed by atoms with Gasteiger partial charge in [0.15, 0.2) is 0 Å². The Morgan fingerprint density at radius 3 is 2.53 bits per heavy atom. The molecule has 84 valence electrons. The van der Waals surface area contributed by atoms with Gasteiger partial charge in [-0.25, -0.2) is 0 Å². The summed E-state index contributed by atoms with van der Waals surface area (Å²) in [5, 5.41) is 19.6. The van der Waals surface area contributed by atoms with E-state index in [1.54, 1.807) is 25.1 Å². The fourth-order valence-electron chi connectivity index (χ4n) is 1.75. The van der Waals surface area contributed by atoms with Gasteiger partial charge >= 0.3 is 5.97 Å². The number of aliphatic carboxylic acids is 1. The summed E-state index contributed by atoms with van der Waals surface area (Å²) >= 11 is 0. The van der Waals surface area contributed by atoms with Gasteiger partial charge in [0.25, 0.3) is 0 Å². The van der Waals surface area contributed by atoms with Crippen LogP contribution in [-0.4, -0.2) is 11.1 Å². The molecule has 1 unspecified atom stereocenters. The largest absolute Gasteiger partial charge is 0.481 e. The number of hydrogen-bond acceptors (Lipinski definition) is 2. The predicted molar refractivity (Wildman–Crippen MR) is 64.7 cm³/mol. The highest BCUT2D eigenvalue weighted by Crippen LogP contribution is 2.22. The molecule has 0 saturated carbocycles. The van der Waals surface area contributed by atoms with E-state index in [-0.39, 0.29) is 0 Å². The van der Waals surface area contributed by atoms with Crippen molar-refractivity contribution < 1.29 is 9.90 Å². The maximum Gasteiger partial charge on any atom is 0.310 e. The smallest absolute Gasteiger partial charge is 0.310 e. The molecule has 0 radical (unpaired) electrons. The van der Waals surface area contributed by atoms with Crippen LogP contribution >= 0.6 is 0 Å². The molecular formula is C14H11NO2. The monoisotopic (exact) mass is 225 g/mol. The molecule has 1 atom stereocenters. The first kappa shape index (κ1) is 11.2. The van der Waals surface area contributed by atoms with Gasteiger partial charge in [0.1, 0.15) is 0 Å². The quantitative estimate of drug-likeness (QED) is 0.854. The predicted octanol–water partition coefficient (Wildman–Crippen LogP) is 2.90. The zero-order valence-corrected chi connectivity index (χ0v) is 9.34. The van der Waals surface area contributed by atoms with E-state index in [4.69, 9.17) is 10.4 Å². The van der Waals surface area contributed by atoms with Gasteiger partial charge in [-0.3, -0.25) is 4.79 Å².